The summed E-state index contributed by atoms with van der Waals surface area (Å²) in [4.78, 5) is 27.8. The predicted octanol–water partition coefficient (Wildman–Crippen LogP) is 3.52. The van der Waals surface area contributed by atoms with Gasteiger partial charge in [-0.25, -0.2) is 0 Å². The molecular weight excluding hydrogens is 300 g/mol. The molecule has 3 rings (SSSR count). The van der Waals surface area contributed by atoms with Gasteiger partial charge in [0.2, 0.25) is 5.91 Å². The maximum Gasteiger partial charge on any atom is 0.254 e. The Hall–Kier alpha value is -1.84. The quantitative estimate of drug-likeness (QED) is 0.919. The lowest BCUT2D eigenvalue weighted by Gasteiger charge is -2.43. The smallest absolute Gasteiger partial charge is 0.254 e. The fourth-order valence-electron chi connectivity index (χ4n) is 4.21. The van der Waals surface area contributed by atoms with Crippen molar-refractivity contribution >= 4 is 11.8 Å². The van der Waals surface area contributed by atoms with Crippen LogP contribution in [0.1, 0.15) is 68.1 Å². The molecule has 130 valence electrons. The van der Waals surface area contributed by atoms with Gasteiger partial charge in [0.25, 0.3) is 5.91 Å². The van der Waals surface area contributed by atoms with E-state index >= 15 is 0 Å². The van der Waals surface area contributed by atoms with Gasteiger partial charge in [0.05, 0.1) is 0 Å². The van der Waals surface area contributed by atoms with Crippen LogP contribution in [0.15, 0.2) is 30.3 Å². The first kappa shape index (κ1) is 17.0. The van der Waals surface area contributed by atoms with Gasteiger partial charge < -0.3 is 10.2 Å². The van der Waals surface area contributed by atoms with Crippen molar-refractivity contribution in [1.29, 1.82) is 0 Å². The zero-order chi connectivity index (χ0) is 17.0. The second kappa shape index (κ2) is 7.37. The van der Waals surface area contributed by atoms with Crippen molar-refractivity contribution in [1.82, 2.24) is 10.2 Å². The van der Waals surface area contributed by atoms with Crippen LogP contribution in [0, 0.1) is 0 Å². The molecule has 2 fully saturated rings. The van der Waals surface area contributed by atoms with Gasteiger partial charge in [-0.05, 0) is 37.8 Å². The Kier molecular flexibility index (Phi) is 5.22. The maximum absolute atomic E-state index is 13.1. The summed E-state index contributed by atoms with van der Waals surface area (Å²) < 4.78 is 0. The second-order valence-corrected chi connectivity index (χ2v) is 7.28. The number of hydrogen-bond donors (Lipinski definition) is 1. The predicted molar refractivity (Wildman–Crippen MR) is 94.8 cm³/mol. The van der Waals surface area contributed by atoms with Gasteiger partial charge in [0.1, 0.15) is 5.54 Å². The summed E-state index contributed by atoms with van der Waals surface area (Å²) in [6.07, 6.45) is 9.20. The van der Waals surface area contributed by atoms with Crippen LogP contribution in [-0.2, 0) is 4.79 Å². The SMILES string of the molecule is CN(C(=O)c1ccccc1)C1(C(=O)NC2CCCC2)CCCCC1. The Morgan fingerprint density at radius 2 is 1.62 bits per heavy atom. The van der Waals surface area contributed by atoms with Crippen LogP contribution in [0.5, 0.6) is 0 Å². The van der Waals surface area contributed by atoms with Gasteiger partial charge >= 0.3 is 0 Å². The van der Waals surface area contributed by atoms with Gasteiger partial charge in [-0.15, -0.1) is 0 Å². The van der Waals surface area contributed by atoms with E-state index in [1.165, 1.54) is 12.8 Å². The summed E-state index contributed by atoms with van der Waals surface area (Å²) in [6, 6.07) is 9.58. The maximum atomic E-state index is 13.1. The molecule has 4 heteroatoms. The fourth-order valence-corrected chi connectivity index (χ4v) is 4.21. The molecule has 0 aromatic heterocycles. The van der Waals surface area contributed by atoms with Crippen molar-refractivity contribution in [2.75, 3.05) is 7.05 Å². The Bertz CT molecular complexity index is 573. The molecule has 2 aliphatic rings. The summed E-state index contributed by atoms with van der Waals surface area (Å²) in [5.41, 5.74) is -0.0352. The minimum Gasteiger partial charge on any atom is -0.351 e. The van der Waals surface area contributed by atoms with Gasteiger partial charge in [-0.2, -0.15) is 0 Å². The van der Waals surface area contributed by atoms with Crippen LogP contribution in [-0.4, -0.2) is 35.3 Å². The largest absolute Gasteiger partial charge is 0.351 e. The number of amides is 2. The highest BCUT2D eigenvalue weighted by atomic mass is 16.2. The van der Waals surface area contributed by atoms with Crippen LogP contribution in [0.2, 0.25) is 0 Å². The number of nitrogens with zero attached hydrogens (tertiary/aromatic N) is 1. The first-order chi connectivity index (χ1) is 11.6. The van der Waals surface area contributed by atoms with E-state index < -0.39 is 5.54 Å². The van der Waals surface area contributed by atoms with E-state index in [4.69, 9.17) is 0 Å². The van der Waals surface area contributed by atoms with E-state index in [9.17, 15) is 9.59 Å². The van der Waals surface area contributed by atoms with Crippen molar-refractivity contribution in [2.24, 2.45) is 0 Å². The summed E-state index contributed by atoms with van der Waals surface area (Å²) in [7, 11) is 1.80. The van der Waals surface area contributed by atoms with Crippen molar-refractivity contribution in [3.63, 3.8) is 0 Å². The van der Waals surface area contributed by atoms with Crippen molar-refractivity contribution < 1.29 is 9.59 Å². The minimum atomic E-state index is -0.687. The highest BCUT2D eigenvalue weighted by Crippen LogP contribution is 2.35. The summed E-state index contributed by atoms with van der Waals surface area (Å²) in [5.74, 6) is -0.0000435. The number of likely N-dealkylation sites (N-methyl/N-ethyl adjacent to an activating group) is 1. The third-order valence-corrected chi connectivity index (χ3v) is 5.76. The summed E-state index contributed by atoms with van der Waals surface area (Å²) in [5, 5.41) is 3.24. The fraction of sp³-hybridized carbons (Fsp3) is 0.600. The van der Waals surface area contributed by atoms with Crippen LogP contribution in [0.25, 0.3) is 0 Å². The average Bonchev–Trinajstić information content (AvgIpc) is 3.14. The van der Waals surface area contributed by atoms with Gasteiger partial charge in [-0.1, -0.05) is 50.3 Å². The van der Waals surface area contributed by atoms with Crippen LogP contribution < -0.4 is 5.32 Å². The number of benzene rings is 1. The van der Waals surface area contributed by atoms with Crippen LogP contribution >= 0.6 is 0 Å². The van der Waals surface area contributed by atoms with Crippen LogP contribution in [0.3, 0.4) is 0 Å². The molecule has 0 heterocycles. The molecule has 1 aromatic carbocycles. The van der Waals surface area contributed by atoms with E-state index in [1.54, 1.807) is 11.9 Å². The first-order valence-electron chi connectivity index (χ1n) is 9.28. The van der Waals surface area contributed by atoms with Gasteiger partial charge in [-0.3, -0.25) is 9.59 Å². The molecule has 0 aliphatic heterocycles. The molecule has 0 atom stereocenters. The number of nitrogens with one attached hydrogen (secondary N) is 1. The molecule has 0 spiro atoms. The zero-order valence-corrected chi connectivity index (χ0v) is 14.6. The first-order valence-corrected chi connectivity index (χ1v) is 9.28. The monoisotopic (exact) mass is 328 g/mol. The van der Waals surface area contributed by atoms with Crippen molar-refractivity contribution in [2.45, 2.75) is 69.4 Å². The standard InChI is InChI=1S/C20H28N2O2/c1-22(18(23)16-10-4-2-5-11-16)20(14-8-3-9-15-20)19(24)21-17-12-6-7-13-17/h2,4-5,10-11,17H,3,6-9,12-15H2,1H3,(H,21,24). The molecule has 0 radical (unpaired) electrons. The van der Waals surface area contributed by atoms with E-state index in [2.05, 4.69) is 5.32 Å². The zero-order valence-electron chi connectivity index (χ0n) is 14.6. The number of rotatable bonds is 4. The Labute approximate surface area is 144 Å². The van der Waals surface area contributed by atoms with Gasteiger partial charge in [0, 0.05) is 18.7 Å². The normalized spacial score (nSPS) is 20.5. The highest BCUT2D eigenvalue weighted by Gasteiger charge is 2.46. The van der Waals surface area contributed by atoms with E-state index in [0.29, 0.717) is 5.56 Å². The third-order valence-electron chi connectivity index (χ3n) is 5.76. The lowest BCUT2D eigenvalue weighted by molar-refractivity contribution is -0.134. The van der Waals surface area contributed by atoms with Crippen LogP contribution in [0.4, 0.5) is 0 Å². The molecule has 1 aromatic rings. The molecule has 2 saturated carbocycles. The number of carbonyl (C=O) groups excluding carboxylic acids is 2. The molecule has 24 heavy (non-hydrogen) atoms. The molecular formula is C20H28N2O2. The molecule has 2 amide bonds. The second-order valence-electron chi connectivity index (χ2n) is 7.28. The molecule has 0 saturated heterocycles. The molecule has 0 bridgehead atoms. The highest BCUT2D eigenvalue weighted by molar-refractivity contribution is 5.99. The summed E-state index contributed by atoms with van der Waals surface area (Å²) in [6.45, 7) is 0. The molecule has 1 N–H and O–H groups in total. The van der Waals surface area contributed by atoms with E-state index in [1.807, 2.05) is 30.3 Å². The lowest BCUT2D eigenvalue weighted by atomic mass is 9.79. The lowest BCUT2D eigenvalue weighted by Crippen LogP contribution is -2.61. The summed E-state index contributed by atoms with van der Waals surface area (Å²) >= 11 is 0. The third kappa shape index (κ3) is 3.33. The molecule has 0 unspecified atom stereocenters. The van der Waals surface area contributed by atoms with Gasteiger partial charge in [0.15, 0.2) is 0 Å². The van der Waals surface area contributed by atoms with E-state index in [-0.39, 0.29) is 17.9 Å². The minimum absolute atomic E-state index is 0.0564. The molecule has 4 nitrogen and oxygen atoms in total. The van der Waals surface area contributed by atoms with Crippen molar-refractivity contribution in [3.05, 3.63) is 35.9 Å². The Balaban J connectivity index is 1.81. The molecule has 2 aliphatic carbocycles. The topological polar surface area (TPSA) is 49.4 Å². The Morgan fingerprint density at radius 3 is 2.25 bits per heavy atom. The Morgan fingerprint density at radius 1 is 1.00 bits per heavy atom. The average molecular weight is 328 g/mol. The van der Waals surface area contributed by atoms with E-state index in [0.717, 1.165) is 44.9 Å². The number of hydrogen-bond acceptors (Lipinski definition) is 2. The number of carbonyl (C=O) groups is 2. The van der Waals surface area contributed by atoms with Crippen molar-refractivity contribution in [3.8, 4) is 0 Å².